The fourth-order valence-electron chi connectivity index (χ4n) is 2.70. The highest BCUT2D eigenvalue weighted by Gasteiger charge is 2.40. The van der Waals surface area contributed by atoms with E-state index in [1.165, 1.54) is 19.3 Å². The largest absolute Gasteiger partial charge is 0.341 e. The molecule has 0 radical (unpaired) electrons. The normalized spacial score (nSPS) is 17.4. The molecule has 0 saturated heterocycles. The highest BCUT2D eigenvalue weighted by atomic mass is 15.0. The third-order valence-electron chi connectivity index (χ3n) is 3.88. The maximum absolute atomic E-state index is 4.58. The Morgan fingerprint density at radius 1 is 1.39 bits per heavy atom. The summed E-state index contributed by atoms with van der Waals surface area (Å²) >= 11 is 0. The molecule has 0 unspecified atom stereocenters. The Kier molecular flexibility index (Phi) is 2.88. The third-order valence-corrected chi connectivity index (χ3v) is 3.88. The van der Waals surface area contributed by atoms with E-state index in [4.69, 9.17) is 0 Å². The molecule has 0 amide bonds. The van der Waals surface area contributed by atoms with Crippen LogP contribution in [0.1, 0.15) is 25.1 Å². The Labute approximate surface area is 107 Å². The van der Waals surface area contributed by atoms with Crippen molar-refractivity contribution in [1.82, 2.24) is 20.3 Å². The van der Waals surface area contributed by atoms with Gasteiger partial charge >= 0.3 is 0 Å². The van der Waals surface area contributed by atoms with Crippen molar-refractivity contribution in [3.05, 3.63) is 36.5 Å². The second-order valence-electron chi connectivity index (χ2n) is 5.05. The van der Waals surface area contributed by atoms with E-state index < -0.39 is 0 Å². The Bertz CT molecular complexity index is 514. The predicted molar refractivity (Wildman–Crippen MR) is 71.3 cm³/mol. The minimum Gasteiger partial charge on any atom is -0.341 e. The second-order valence-corrected chi connectivity index (χ2v) is 5.05. The first-order valence-electron chi connectivity index (χ1n) is 6.45. The minimum atomic E-state index is 0.217. The van der Waals surface area contributed by atoms with Crippen LogP contribution >= 0.6 is 0 Å². The van der Waals surface area contributed by atoms with E-state index in [0.29, 0.717) is 0 Å². The summed E-state index contributed by atoms with van der Waals surface area (Å²) in [7, 11) is 2.00. The van der Waals surface area contributed by atoms with E-state index in [9.17, 15) is 0 Å². The van der Waals surface area contributed by atoms with Crippen LogP contribution < -0.4 is 5.32 Å². The lowest BCUT2D eigenvalue weighted by molar-refractivity contribution is 0.226. The Morgan fingerprint density at radius 2 is 2.28 bits per heavy atom. The Balaban J connectivity index is 1.90. The van der Waals surface area contributed by atoms with E-state index in [1.54, 1.807) is 6.20 Å². The molecule has 1 aliphatic rings. The smallest absolute Gasteiger partial charge is 0.114 e. The van der Waals surface area contributed by atoms with Gasteiger partial charge < -0.3 is 10.3 Å². The molecular weight excluding hydrogens is 224 g/mol. The van der Waals surface area contributed by atoms with Crippen molar-refractivity contribution in [3.63, 3.8) is 0 Å². The quantitative estimate of drug-likeness (QED) is 0.863. The number of nitrogens with one attached hydrogen (secondary N) is 2. The molecule has 94 valence electrons. The van der Waals surface area contributed by atoms with Crippen molar-refractivity contribution in [2.45, 2.75) is 24.7 Å². The average molecular weight is 242 g/mol. The molecule has 4 nitrogen and oxygen atoms in total. The maximum atomic E-state index is 4.58. The fourth-order valence-corrected chi connectivity index (χ4v) is 2.70. The number of hydrogen-bond donors (Lipinski definition) is 2. The van der Waals surface area contributed by atoms with E-state index in [2.05, 4.69) is 26.3 Å². The minimum absolute atomic E-state index is 0.217. The number of likely N-dealkylation sites (N-methyl/N-ethyl adjacent to an activating group) is 1. The molecule has 0 atom stereocenters. The number of pyridine rings is 1. The molecule has 18 heavy (non-hydrogen) atoms. The SMILES string of the molecule is CNCC1(c2ncc(-c3cccnc3)[nH]2)CCC1. The van der Waals surface area contributed by atoms with Crippen molar-refractivity contribution >= 4 is 0 Å². The Morgan fingerprint density at radius 3 is 2.89 bits per heavy atom. The third kappa shape index (κ3) is 1.82. The molecular formula is C14H18N4. The van der Waals surface area contributed by atoms with E-state index in [1.807, 2.05) is 25.5 Å². The van der Waals surface area contributed by atoms with Gasteiger partial charge in [-0.2, -0.15) is 0 Å². The highest BCUT2D eigenvalue weighted by molar-refractivity contribution is 5.57. The molecule has 1 saturated carbocycles. The number of nitrogens with zero attached hydrogens (tertiary/aromatic N) is 2. The fraction of sp³-hybridized carbons (Fsp3) is 0.429. The lowest BCUT2D eigenvalue weighted by Crippen LogP contribution is -2.43. The first kappa shape index (κ1) is 11.4. The van der Waals surface area contributed by atoms with Crippen molar-refractivity contribution in [2.24, 2.45) is 0 Å². The predicted octanol–water partition coefficient (Wildman–Crippen LogP) is 2.11. The zero-order chi connectivity index (χ0) is 12.4. The molecule has 4 heteroatoms. The molecule has 2 N–H and O–H groups in total. The lowest BCUT2D eigenvalue weighted by atomic mass is 9.68. The topological polar surface area (TPSA) is 53.6 Å². The molecule has 1 aliphatic carbocycles. The van der Waals surface area contributed by atoms with Crippen LogP contribution in [0.5, 0.6) is 0 Å². The van der Waals surface area contributed by atoms with Gasteiger partial charge in [-0.25, -0.2) is 4.98 Å². The molecule has 3 rings (SSSR count). The monoisotopic (exact) mass is 242 g/mol. The summed E-state index contributed by atoms with van der Waals surface area (Å²) in [5.41, 5.74) is 2.37. The van der Waals surface area contributed by atoms with Crippen LogP contribution in [0, 0.1) is 0 Å². The maximum Gasteiger partial charge on any atom is 0.114 e. The van der Waals surface area contributed by atoms with Crippen molar-refractivity contribution in [3.8, 4) is 11.3 Å². The van der Waals surface area contributed by atoms with Crippen LogP contribution in [0.2, 0.25) is 0 Å². The van der Waals surface area contributed by atoms with Crippen LogP contribution in [0.3, 0.4) is 0 Å². The van der Waals surface area contributed by atoms with Crippen LogP contribution in [-0.2, 0) is 5.41 Å². The number of aromatic amines is 1. The van der Waals surface area contributed by atoms with Crippen LogP contribution in [0.4, 0.5) is 0 Å². The molecule has 0 aliphatic heterocycles. The van der Waals surface area contributed by atoms with Gasteiger partial charge in [-0.1, -0.05) is 6.42 Å². The van der Waals surface area contributed by atoms with Gasteiger partial charge in [-0.3, -0.25) is 4.98 Å². The first-order valence-corrected chi connectivity index (χ1v) is 6.45. The Hall–Kier alpha value is -1.68. The second kappa shape index (κ2) is 4.53. The zero-order valence-electron chi connectivity index (χ0n) is 10.6. The summed E-state index contributed by atoms with van der Waals surface area (Å²) < 4.78 is 0. The summed E-state index contributed by atoms with van der Waals surface area (Å²) in [5, 5.41) is 3.29. The lowest BCUT2D eigenvalue weighted by Gasteiger charge is -2.40. The number of aromatic nitrogens is 3. The van der Waals surface area contributed by atoms with Gasteiger partial charge in [0.25, 0.3) is 0 Å². The van der Waals surface area contributed by atoms with Crippen molar-refractivity contribution in [1.29, 1.82) is 0 Å². The van der Waals surface area contributed by atoms with Crippen molar-refractivity contribution in [2.75, 3.05) is 13.6 Å². The van der Waals surface area contributed by atoms with Gasteiger partial charge in [0.15, 0.2) is 0 Å². The van der Waals surface area contributed by atoms with Crippen LogP contribution in [0.25, 0.3) is 11.3 Å². The number of rotatable bonds is 4. The summed E-state index contributed by atoms with van der Waals surface area (Å²) in [6.07, 6.45) is 9.30. The average Bonchev–Trinajstić information content (AvgIpc) is 2.84. The molecule has 0 bridgehead atoms. The van der Waals surface area contributed by atoms with Gasteiger partial charge in [-0.05, 0) is 32.0 Å². The zero-order valence-corrected chi connectivity index (χ0v) is 10.6. The van der Waals surface area contributed by atoms with E-state index in [0.717, 1.165) is 23.6 Å². The van der Waals surface area contributed by atoms with Gasteiger partial charge in [-0.15, -0.1) is 0 Å². The summed E-state index contributed by atoms with van der Waals surface area (Å²) in [6.45, 7) is 0.993. The number of H-pyrrole nitrogens is 1. The number of imidazole rings is 1. The van der Waals surface area contributed by atoms with Crippen molar-refractivity contribution < 1.29 is 0 Å². The van der Waals surface area contributed by atoms with E-state index in [-0.39, 0.29) is 5.41 Å². The summed E-state index contributed by atoms with van der Waals surface area (Å²) in [5.74, 6) is 1.11. The van der Waals surface area contributed by atoms with Gasteiger partial charge in [0.2, 0.25) is 0 Å². The van der Waals surface area contributed by atoms with Gasteiger partial charge in [0.05, 0.1) is 11.9 Å². The molecule has 0 aromatic carbocycles. The first-order chi connectivity index (χ1) is 8.84. The highest BCUT2D eigenvalue weighted by Crippen LogP contribution is 2.42. The molecule has 0 spiro atoms. The van der Waals surface area contributed by atoms with Gasteiger partial charge in [0.1, 0.15) is 5.82 Å². The molecule has 1 fully saturated rings. The van der Waals surface area contributed by atoms with Crippen LogP contribution in [0.15, 0.2) is 30.7 Å². The standard InChI is InChI=1S/C14H18N4/c1-15-10-14(5-3-6-14)13-17-9-12(18-13)11-4-2-7-16-8-11/h2,4,7-9,15H,3,5-6,10H2,1H3,(H,17,18). The van der Waals surface area contributed by atoms with E-state index >= 15 is 0 Å². The molecule has 2 aromatic heterocycles. The summed E-state index contributed by atoms with van der Waals surface area (Å²) in [6, 6.07) is 4.00. The van der Waals surface area contributed by atoms with Crippen LogP contribution in [-0.4, -0.2) is 28.5 Å². The van der Waals surface area contributed by atoms with Gasteiger partial charge in [0, 0.05) is 29.9 Å². The molecule has 2 aromatic rings. The summed E-state index contributed by atoms with van der Waals surface area (Å²) in [4.78, 5) is 12.2. The molecule has 2 heterocycles. The number of hydrogen-bond acceptors (Lipinski definition) is 3.